The average Bonchev–Trinajstić information content (AvgIpc) is 2.90. The number of amides is 2. The number of rotatable bonds is 5. The SMILES string of the molecule is CCc1cccc(NC(=O)CN2C(=O)CC(c3ccc(C)cc3C)=Nc3ccccc32)c1. The zero-order valence-corrected chi connectivity index (χ0v) is 18.7. The number of aliphatic imine (C=N–C) groups is 1. The molecular formula is C27H27N3O2. The summed E-state index contributed by atoms with van der Waals surface area (Å²) in [6, 6.07) is 21.4. The number of benzene rings is 3. The van der Waals surface area contributed by atoms with Crippen molar-refractivity contribution < 1.29 is 9.59 Å². The van der Waals surface area contributed by atoms with E-state index in [2.05, 4.69) is 18.3 Å². The van der Waals surface area contributed by atoms with E-state index >= 15 is 0 Å². The molecule has 1 heterocycles. The molecule has 0 spiro atoms. The number of anilines is 2. The summed E-state index contributed by atoms with van der Waals surface area (Å²) in [5.74, 6) is -0.387. The van der Waals surface area contributed by atoms with Crippen LogP contribution in [0.2, 0.25) is 0 Å². The number of para-hydroxylation sites is 2. The van der Waals surface area contributed by atoms with Gasteiger partial charge in [-0.1, -0.05) is 55.0 Å². The van der Waals surface area contributed by atoms with Gasteiger partial charge >= 0.3 is 0 Å². The van der Waals surface area contributed by atoms with Crippen molar-refractivity contribution in [3.8, 4) is 0 Å². The van der Waals surface area contributed by atoms with Gasteiger partial charge in [0.15, 0.2) is 0 Å². The number of carbonyl (C=O) groups is 2. The van der Waals surface area contributed by atoms with Gasteiger partial charge in [-0.05, 0) is 61.2 Å². The molecule has 0 unspecified atom stereocenters. The molecule has 1 N–H and O–H groups in total. The Morgan fingerprint density at radius 2 is 1.84 bits per heavy atom. The summed E-state index contributed by atoms with van der Waals surface area (Å²) in [7, 11) is 0. The first-order valence-electron chi connectivity index (χ1n) is 10.9. The van der Waals surface area contributed by atoms with Crippen LogP contribution in [0.4, 0.5) is 17.1 Å². The largest absolute Gasteiger partial charge is 0.325 e. The van der Waals surface area contributed by atoms with Gasteiger partial charge in [0.25, 0.3) is 0 Å². The maximum atomic E-state index is 13.3. The number of nitrogens with one attached hydrogen (secondary N) is 1. The highest BCUT2D eigenvalue weighted by Gasteiger charge is 2.27. The maximum absolute atomic E-state index is 13.3. The lowest BCUT2D eigenvalue weighted by Crippen LogP contribution is -2.38. The molecule has 32 heavy (non-hydrogen) atoms. The Hall–Kier alpha value is -3.73. The first kappa shape index (κ1) is 21.5. The van der Waals surface area contributed by atoms with Crippen LogP contribution >= 0.6 is 0 Å². The van der Waals surface area contributed by atoms with Gasteiger partial charge < -0.3 is 10.2 Å². The lowest BCUT2D eigenvalue weighted by molar-refractivity contribution is -0.120. The molecule has 0 fully saturated rings. The Bertz CT molecular complexity index is 1210. The molecule has 162 valence electrons. The molecule has 2 amide bonds. The van der Waals surface area contributed by atoms with Crippen molar-refractivity contribution in [2.45, 2.75) is 33.6 Å². The molecule has 0 bridgehead atoms. The molecule has 0 atom stereocenters. The third-order valence-electron chi connectivity index (χ3n) is 5.66. The highest BCUT2D eigenvalue weighted by Crippen LogP contribution is 2.33. The van der Waals surface area contributed by atoms with Gasteiger partial charge in [0.2, 0.25) is 11.8 Å². The quantitative estimate of drug-likeness (QED) is 0.598. The Labute approximate surface area is 188 Å². The van der Waals surface area contributed by atoms with E-state index in [0.717, 1.165) is 40.1 Å². The first-order chi connectivity index (χ1) is 15.4. The summed E-state index contributed by atoms with van der Waals surface area (Å²) in [4.78, 5) is 32.5. The Morgan fingerprint density at radius 1 is 1.03 bits per heavy atom. The van der Waals surface area contributed by atoms with Crippen LogP contribution in [0.5, 0.6) is 0 Å². The van der Waals surface area contributed by atoms with Crippen molar-refractivity contribution >= 4 is 34.6 Å². The molecule has 0 aromatic heterocycles. The van der Waals surface area contributed by atoms with Gasteiger partial charge in [0.1, 0.15) is 6.54 Å². The predicted octanol–water partition coefficient (Wildman–Crippen LogP) is 5.36. The lowest BCUT2D eigenvalue weighted by Gasteiger charge is -2.22. The number of fused-ring (bicyclic) bond motifs is 1. The number of hydrogen-bond acceptors (Lipinski definition) is 3. The van der Waals surface area contributed by atoms with Gasteiger partial charge in [-0.2, -0.15) is 0 Å². The van der Waals surface area contributed by atoms with Crippen molar-refractivity contribution in [2.24, 2.45) is 4.99 Å². The monoisotopic (exact) mass is 425 g/mol. The van der Waals surface area contributed by atoms with Crippen molar-refractivity contribution in [1.29, 1.82) is 0 Å². The molecule has 1 aliphatic rings. The van der Waals surface area contributed by atoms with E-state index < -0.39 is 0 Å². The fourth-order valence-corrected chi connectivity index (χ4v) is 4.02. The van der Waals surface area contributed by atoms with Gasteiger partial charge in [-0.25, -0.2) is 0 Å². The molecule has 3 aromatic carbocycles. The van der Waals surface area contributed by atoms with Crippen molar-refractivity contribution in [2.75, 3.05) is 16.8 Å². The van der Waals surface area contributed by atoms with E-state index in [1.807, 2.05) is 74.5 Å². The first-order valence-corrected chi connectivity index (χ1v) is 10.9. The summed E-state index contributed by atoms with van der Waals surface area (Å²) in [6.45, 7) is 6.08. The van der Waals surface area contributed by atoms with Crippen LogP contribution in [0.3, 0.4) is 0 Å². The molecule has 4 rings (SSSR count). The molecule has 1 aliphatic heterocycles. The fourth-order valence-electron chi connectivity index (χ4n) is 4.02. The highest BCUT2D eigenvalue weighted by molar-refractivity contribution is 6.19. The maximum Gasteiger partial charge on any atom is 0.244 e. The predicted molar refractivity (Wildman–Crippen MR) is 130 cm³/mol. The minimum atomic E-state index is -0.239. The third-order valence-corrected chi connectivity index (χ3v) is 5.66. The molecule has 5 heteroatoms. The third kappa shape index (κ3) is 4.62. The zero-order chi connectivity index (χ0) is 22.7. The molecular weight excluding hydrogens is 398 g/mol. The molecule has 5 nitrogen and oxygen atoms in total. The Balaban J connectivity index is 1.61. The second kappa shape index (κ2) is 9.18. The summed E-state index contributed by atoms with van der Waals surface area (Å²) >= 11 is 0. The zero-order valence-electron chi connectivity index (χ0n) is 18.7. The van der Waals surface area contributed by atoms with Gasteiger partial charge in [-0.3, -0.25) is 14.6 Å². The number of nitrogens with zero attached hydrogens (tertiary/aromatic N) is 2. The van der Waals surface area contributed by atoms with E-state index in [1.54, 1.807) is 0 Å². The van der Waals surface area contributed by atoms with E-state index in [4.69, 9.17) is 4.99 Å². The highest BCUT2D eigenvalue weighted by atomic mass is 16.2. The van der Waals surface area contributed by atoms with Crippen molar-refractivity contribution in [1.82, 2.24) is 0 Å². The smallest absolute Gasteiger partial charge is 0.244 e. The van der Waals surface area contributed by atoms with Gasteiger partial charge in [0.05, 0.1) is 23.5 Å². The molecule has 0 aliphatic carbocycles. The summed E-state index contributed by atoms with van der Waals surface area (Å²) in [6.07, 6.45) is 1.03. The summed E-state index contributed by atoms with van der Waals surface area (Å²) in [5.41, 5.74) is 7.14. The Kier molecular flexibility index (Phi) is 6.17. The van der Waals surface area contributed by atoms with E-state index in [0.29, 0.717) is 11.4 Å². The lowest BCUT2D eigenvalue weighted by atomic mass is 9.99. The van der Waals surface area contributed by atoms with Crippen LogP contribution in [0.1, 0.15) is 35.6 Å². The van der Waals surface area contributed by atoms with E-state index in [1.165, 1.54) is 4.90 Å². The van der Waals surface area contributed by atoms with Crippen LogP contribution in [0.25, 0.3) is 0 Å². The van der Waals surface area contributed by atoms with Crippen LogP contribution < -0.4 is 10.2 Å². The van der Waals surface area contributed by atoms with Crippen molar-refractivity contribution in [3.63, 3.8) is 0 Å². The summed E-state index contributed by atoms with van der Waals surface area (Å²) in [5, 5.41) is 2.92. The minimum Gasteiger partial charge on any atom is -0.325 e. The van der Waals surface area contributed by atoms with Crippen LogP contribution in [-0.2, 0) is 16.0 Å². The topological polar surface area (TPSA) is 61.8 Å². The second-order valence-corrected chi connectivity index (χ2v) is 8.12. The number of carbonyl (C=O) groups excluding carboxylic acids is 2. The van der Waals surface area contributed by atoms with Crippen LogP contribution in [0.15, 0.2) is 71.7 Å². The standard InChI is InChI=1S/C27H27N3O2/c1-4-20-8-7-9-21(15-20)28-26(31)17-30-25-11-6-5-10-23(25)29-24(16-27(30)32)22-13-12-18(2)14-19(22)3/h5-15H,4,16-17H2,1-3H3,(H,28,31). The number of aryl methyl sites for hydroxylation is 3. The molecule has 0 saturated carbocycles. The second-order valence-electron chi connectivity index (χ2n) is 8.12. The molecule has 0 saturated heterocycles. The van der Waals surface area contributed by atoms with Crippen LogP contribution in [0, 0.1) is 13.8 Å². The summed E-state index contributed by atoms with van der Waals surface area (Å²) < 4.78 is 0. The molecule has 0 radical (unpaired) electrons. The fraction of sp³-hybridized carbons (Fsp3) is 0.222. The van der Waals surface area contributed by atoms with E-state index in [-0.39, 0.29) is 24.8 Å². The van der Waals surface area contributed by atoms with Gasteiger partial charge in [-0.15, -0.1) is 0 Å². The van der Waals surface area contributed by atoms with Crippen molar-refractivity contribution in [3.05, 3.63) is 89.0 Å². The average molecular weight is 426 g/mol. The molecule has 3 aromatic rings. The van der Waals surface area contributed by atoms with Crippen LogP contribution in [-0.4, -0.2) is 24.1 Å². The van der Waals surface area contributed by atoms with E-state index in [9.17, 15) is 9.59 Å². The van der Waals surface area contributed by atoms with Gasteiger partial charge in [0, 0.05) is 5.69 Å². The Morgan fingerprint density at radius 3 is 2.62 bits per heavy atom. The number of hydrogen-bond donors (Lipinski definition) is 1. The normalized spacial score (nSPS) is 13.3. The minimum absolute atomic E-state index is 0.0676.